The van der Waals surface area contributed by atoms with Gasteiger partial charge >= 0.3 is 11.9 Å². The molecule has 0 aliphatic heterocycles. The molecule has 1 heterocycles. The van der Waals surface area contributed by atoms with Crippen molar-refractivity contribution < 1.29 is 19.4 Å². The first-order valence-electron chi connectivity index (χ1n) is 5.40. The Morgan fingerprint density at radius 1 is 1.56 bits per heavy atom. The normalized spacial score (nSPS) is 13.7. The number of hydrogen-bond acceptors (Lipinski definition) is 4. The van der Waals surface area contributed by atoms with Gasteiger partial charge in [0.1, 0.15) is 0 Å². The summed E-state index contributed by atoms with van der Waals surface area (Å²) < 4.78 is 4.80. The molecule has 0 radical (unpaired) electrons. The van der Waals surface area contributed by atoms with Gasteiger partial charge in [0.15, 0.2) is 5.41 Å². The van der Waals surface area contributed by atoms with Gasteiger partial charge in [-0.15, -0.1) is 0 Å². The van der Waals surface area contributed by atoms with Crippen molar-refractivity contribution in [2.24, 2.45) is 5.41 Å². The Labute approximate surface area is 110 Å². The number of nitrogens with zero attached hydrogens (tertiary/aromatic N) is 1. The van der Waals surface area contributed by atoms with E-state index in [0.717, 1.165) is 0 Å². The summed E-state index contributed by atoms with van der Waals surface area (Å²) in [5.41, 5.74) is -1.11. The standard InChI is InChI=1S/C12H14ClNO4/c1-3-18-11(17)12(2,10(15)16)6-8-4-5-14-7-9(8)13/h4-5,7H,3,6H2,1-2H3,(H,15,16). The average Bonchev–Trinajstić information content (AvgIpc) is 2.32. The third-order valence-electron chi connectivity index (χ3n) is 2.60. The molecule has 0 spiro atoms. The van der Waals surface area contributed by atoms with Crippen LogP contribution in [0.25, 0.3) is 0 Å². The Morgan fingerprint density at radius 3 is 2.72 bits per heavy atom. The number of halogens is 1. The second-order valence-corrected chi connectivity index (χ2v) is 4.41. The molecule has 0 amide bonds. The highest BCUT2D eigenvalue weighted by molar-refractivity contribution is 6.31. The van der Waals surface area contributed by atoms with Crippen molar-refractivity contribution in [2.45, 2.75) is 20.3 Å². The van der Waals surface area contributed by atoms with Crippen LogP contribution in [-0.4, -0.2) is 28.6 Å². The lowest BCUT2D eigenvalue weighted by atomic mass is 9.84. The van der Waals surface area contributed by atoms with Crippen molar-refractivity contribution in [2.75, 3.05) is 6.61 Å². The molecule has 6 heteroatoms. The van der Waals surface area contributed by atoms with Gasteiger partial charge in [-0.3, -0.25) is 14.6 Å². The van der Waals surface area contributed by atoms with Crippen molar-refractivity contribution in [3.05, 3.63) is 29.0 Å². The number of carbonyl (C=O) groups excluding carboxylic acids is 1. The van der Waals surface area contributed by atoms with E-state index in [1.807, 2.05) is 0 Å². The van der Waals surface area contributed by atoms with Crippen LogP contribution < -0.4 is 0 Å². The number of aliphatic carboxylic acids is 1. The van der Waals surface area contributed by atoms with Crippen molar-refractivity contribution in [3.63, 3.8) is 0 Å². The molecule has 1 unspecified atom stereocenters. The maximum Gasteiger partial charge on any atom is 0.323 e. The molecule has 0 aliphatic carbocycles. The number of aromatic nitrogens is 1. The van der Waals surface area contributed by atoms with Crippen molar-refractivity contribution in [1.29, 1.82) is 0 Å². The number of esters is 1. The molecule has 18 heavy (non-hydrogen) atoms. The molecule has 0 bridgehead atoms. The second-order valence-electron chi connectivity index (χ2n) is 4.00. The predicted octanol–water partition coefficient (Wildman–Crippen LogP) is 1.93. The minimum absolute atomic E-state index is 0.0392. The number of rotatable bonds is 5. The van der Waals surface area contributed by atoms with Crippen LogP contribution in [-0.2, 0) is 20.7 Å². The lowest BCUT2D eigenvalue weighted by molar-refractivity contribution is -0.167. The van der Waals surface area contributed by atoms with Crippen molar-refractivity contribution >= 4 is 23.5 Å². The Balaban J connectivity index is 3.04. The maximum absolute atomic E-state index is 11.8. The highest BCUT2D eigenvalue weighted by Gasteiger charge is 2.43. The first-order chi connectivity index (χ1) is 8.41. The molecular weight excluding hydrogens is 258 g/mol. The fourth-order valence-electron chi connectivity index (χ4n) is 1.45. The number of carbonyl (C=O) groups is 2. The summed E-state index contributed by atoms with van der Waals surface area (Å²) in [4.78, 5) is 26.9. The van der Waals surface area contributed by atoms with Crippen LogP contribution >= 0.6 is 11.6 Å². The van der Waals surface area contributed by atoms with Gasteiger partial charge in [0.2, 0.25) is 0 Å². The quantitative estimate of drug-likeness (QED) is 0.654. The number of hydrogen-bond donors (Lipinski definition) is 1. The summed E-state index contributed by atoms with van der Waals surface area (Å²) in [7, 11) is 0. The third kappa shape index (κ3) is 2.98. The number of ether oxygens (including phenoxy) is 1. The topological polar surface area (TPSA) is 76.5 Å². The summed E-state index contributed by atoms with van der Waals surface area (Å²) in [6.45, 7) is 3.08. The Kier molecular flexibility index (Phi) is 4.67. The first kappa shape index (κ1) is 14.4. The smallest absolute Gasteiger partial charge is 0.323 e. The zero-order valence-electron chi connectivity index (χ0n) is 10.1. The van der Waals surface area contributed by atoms with Crippen LogP contribution in [0, 0.1) is 5.41 Å². The monoisotopic (exact) mass is 271 g/mol. The van der Waals surface area contributed by atoms with Crippen LogP contribution in [0.1, 0.15) is 19.4 Å². The fourth-order valence-corrected chi connectivity index (χ4v) is 1.64. The van der Waals surface area contributed by atoms with E-state index in [-0.39, 0.29) is 13.0 Å². The van der Waals surface area contributed by atoms with E-state index in [9.17, 15) is 14.7 Å². The zero-order valence-corrected chi connectivity index (χ0v) is 10.9. The van der Waals surface area contributed by atoms with E-state index in [1.165, 1.54) is 19.3 Å². The summed E-state index contributed by atoms with van der Waals surface area (Å²) in [6, 6.07) is 1.59. The average molecular weight is 272 g/mol. The van der Waals surface area contributed by atoms with Gasteiger partial charge in [-0.1, -0.05) is 11.6 Å². The highest BCUT2D eigenvalue weighted by Crippen LogP contribution is 2.28. The van der Waals surface area contributed by atoms with Crippen LogP contribution in [0.2, 0.25) is 5.02 Å². The van der Waals surface area contributed by atoms with Gasteiger partial charge in [-0.05, 0) is 25.5 Å². The molecule has 5 nitrogen and oxygen atoms in total. The predicted molar refractivity (Wildman–Crippen MR) is 65.3 cm³/mol. The Hall–Kier alpha value is -1.62. The van der Waals surface area contributed by atoms with Crippen LogP contribution in [0.3, 0.4) is 0 Å². The van der Waals surface area contributed by atoms with Gasteiger partial charge in [0, 0.05) is 18.8 Å². The first-order valence-corrected chi connectivity index (χ1v) is 5.78. The zero-order chi connectivity index (χ0) is 13.8. The number of pyridine rings is 1. The van der Waals surface area contributed by atoms with Gasteiger partial charge in [-0.2, -0.15) is 0 Å². The molecular formula is C12H14ClNO4. The van der Waals surface area contributed by atoms with E-state index in [2.05, 4.69) is 4.98 Å². The molecule has 0 saturated carbocycles. The number of carboxylic acid groups (broad SMARTS) is 1. The third-order valence-corrected chi connectivity index (χ3v) is 2.94. The van der Waals surface area contributed by atoms with E-state index in [4.69, 9.17) is 16.3 Å². The summed E-state index contributed by atoms with van der Waals surface area (Å²) in [6.07, 6.45) is 2.86. The van der Waals surface area contributed by atoms with E-state index < -0.39 is 17.4 Å². The SMILES string of the molecule is CCOC(=O)C(C)(Cc1ccncc1Cl)C(=O)O. The molecule has 98 valence electrons. The maximum atomic E-state index is 11.8. The molecule has 1 aromatic heterocycles. The molecule has 0 fully saturated rings. The second kappa shape index (κ2) is 5.82. The molecule has 1 atom stereocenters. The van der Waals surface area contributed by atoms with Gasteiger partial charge in [0.05, 0.1) is 11.6 Å². The lowest BCUT2D eigenvalue weighted by Gasteiger charge is -2.22. The minimum Gasteiger partial charge on any atom is -0.480 e. The summed E-state index contributed by atoms with van der Waals surface area (Å²) >= 11 is 5.91. The lowest BCUT2D eigenvalue weighted by Crippen LogP contribution is -2.40. The highest BCUT2D eigenvalue weighted by atomic mass is 35.5. The van der Waals surface area contributed by atoms with E-state index in [0.29, 0.717) is 10.6 Å². The molecule has 0 aromatic carbocycles. The summed E-state index contributed by atoms with van der Waals surface area (Å²) in [5, 5.41) is 9.55. The molecule has 1 aromatic rings. The Bertz CT molecular complexity index is 463. The van der Waals surface area contributed by atoms with Gasteiger partial charge < -0.3 is 9.84 Å². The number of carboxylic acids is 1. The Morgan fingerprint density at radius 2 is 2.22 bits per heavy atom. The summed E-state index contributed by atoms with van der Waals surface area (Å²) in [5.74, 6) is -2.01. The fraction of sp³-hybridized carbons (Fsp3) is 0.417. The van der Waals surface area contributed by atoms with Gasteiger partial charge in [-0.25, -0.2) is 0 Å². The van der Waals surface area contributed by atoms with Crippen LogP contribution in [0.4, 0.5) is 0 Å². The van der Waals surface area contributed by atoms with Crippen molar-refractivity contribution in [3.8, 4) is 0 Å². The van der Waals surface area contributed by atoms with Crippen LogP contribution in [0.15, 0.2) is 18.5 Å². The van der Waals surface area contributed by atoms with Gasteiger partial charge in [0.25, 0.3) is 0 Å². The molecule has 1 rings (SSSR count). The molecule has 1 N–H and O–H groups in total. The largest absolute Gasteiger partial charge is 0.480 e. The van der Waals surface area contributed by atoms with E-state index in [1.54, 1.807) is 13.0 Å². The molecule has 0 saturated heterocycles. The minimum atomic E-state index is -1.65. The van der Waals surface area contributed by atoms with Crippen LogP contribution in [0.5, 0.6) is 0 Å². The van der Waals surface area contributed by atoms with Crippen molar-refractivity contribution in [1.82, 2.24) is 4.98 Å². The molecule has 0 aliphatic rings. The van der Waals surface area contributed by atoms with E-state index >= 15 is 0 Å².